The molecule has 2 aliphatic rings. The van der Waals surface area contributed by atoms with Crippen LogP contribution in [-0.4, -0.2) is 37.1 Å². The summed E-state index contributed by atoms with van der Waals surface area (Å²) < 4.78 is 0. The van der Waals surface area contributed by atoms with Gasteiger partial charge >= 0.3 is 12.1 Å². The van der Waals surface area contributed by atoms with Gasteiger partial charge in [-0.3, -0.25) is 9.69 Å². The molecule has 0 radical (unpaired) electrons. The van der Waals surface area contributed by atoms with Gasteiger partial charge in [0, 0.05) is 42.6 Å². The van der Waals surface area contributed by atoms with E-state index in [-0.39, 0.29) is 18.0 Å². The van der Waals surface area contributed by atoms with E-state index in [4.69, 9.17) is 0 Å². The Hall–Kier alpha value is -3.55. The number of urea groups is 2. The van der Waals surface area contributed by atoms with Crippen LogP contribution in [0.1, 0.15) is 28.8 Å². The van der Waals surface area contributed by atoms with Crippen molar-refractivity contribution in [1.29, 1.82) is 0 Å². The minimum Gasteiger partial charge on any atom is -0.349 e. The molecule has 150 valence electrons. The Kier molecular flexibility index (Phi) is 5.33. The van der Waals surface area contributed by atoms with Gasteiger partial charge < -0.3 is 21.3 Å². The zero-order chi connectivity index (χ0) is 20.2. The second-order valence-corrected chi connectivity index (χ2v) is 7.19. The maximum Gasteiger partial charge on any atom is 0.321 e. The van der Waals surface area contributed by atoms with E-state index in [0.29, 0.717) is 36.9 Å². The molecule has 4 N–H and O–H groups in total. The fourth-order valence-electron chi connectivity index (χ4n) is 3.10. The normalized spacial score (nSPS) is 15.6. The van der Waals surface area contributed by atoms with Crippen molar-refractivity contribution in [3.05, 3.63) is 59.7 Å². The van der Waals surface area contributed by atoms with Crippen molar-refractivity contribution in [2.24, 2.45) is 0 Å². The molecule has 0 spiro atoms. The maximum atomic E-state index is 12.2. The molecule has 4 rings (SSSR count). The highest BCUT2D eigenvalue weighted by Crippen LogP contribution is 2.21. The second kappa shape index (κ2) is 8.22. The molecule has 5 amide bonds. The third-order valence-corrected chi connectivity index (χ3v) is 4.85. The molecular weight excluding hydrogens is 370 g/mol. The zero-order valence-electron chi connectivity index (χ0n) is 15.9. The van der Waals surface area contributed by atoms with Gasteiger partial charge in [0.15, 0.2) is 0 Å². The van der Waals surface area contributed by atoms with E-state index in [0.717, 1.165) is 24.1 Å². The van der Waals surface area contributed by atoms with Gasteiger partial charge in [0.2, 0.25) is 0 Å². The fraction of sp³-hybridized carbons (Fsp3) is 0.286. The third kappa shape index (κ3) is 4.84. The van der Waals surface area contributed by atoms with E-state index in [2.05, 4.69) is 21.3 Å². The molecule has 0 unspecified atom stereocenters. The van der Waals surface area contributed by atoms with Crippen LogP contribution in [0.3, 0.4) is 0 Å². The lowest BCUT2D eigenvalue weighted by atomic mass is 10.1. The monoisotopic (exact) mass is 393 g/mol. The lowest BCUT2D eigenvalue weighted by Gasteiger charge is -2.15. The Morgan fingerprint density at radius 2 is 1.90 bits per heavy atom. The summed E-state index contributed by atoms with van der Waals surface area (Å²) in [4.78, 5) is 37.6. The summed E-state index contributed by atoms with van der Waals surface area (Å²) in [5.74, 6) is -0.0590. The Bertz CT molecular complexity index is 924. The number of carbonyl (C=O) groups is 3. The SMILES string of the molecule is O=C(NCc1ccc(C(=O)NC2CC2)cc1)Nc1cccc(N2CCNC2=O)c1. The maximum absolute atomic E-state index is 12.2. The number of nitrogens with one attached hydrogen (secondary N) is 4. The molecule has 2 fully saturated rings. The van der Waals surface area contributed by atoms with Crippen LogP contribution in [0, 0.1) is 0 Å². The van der Waals surface area contributed by atoms with Crippen molar-refractivity contribution < 1.29 is 14.4 Å². The first kappa shape index (κ1) is 18.8. The van der Waals surface area contributed by atoms with Crippen molar-refractivity contribution in [2.75, 3.05) is 23.3 Å². The molecule has 29 heavy (non-hydrogen) atoms. The number of benzene rings is 2. The molecule has 1 aliphatic heterocycles. The highest BCUT2D eigenvalue weighted by atomic mass is 16.2. The summed E-state index contributed by atoms with van der Waals surface area (Å²) in [6.45, 7) is 1.55. The van der Waals surface area contributed by atoms with E-state index in [1.54, 1.807) is 35.2 Å². The molecule has 1 heterocycles. The van der Waals surface area contributed by atoms with Crippen molar-refractivity contribution in [1.82, 2.24) is 16.0 Å². The molecule has 0 atom stereocenters. The summed E-state index contributed by atoms with van der Waals surface area (Å²) in [7, 11) is 0. The van der Waals surface area contributed by atoms with Crippen molar-refractivity contribution in [3.8, 4) is 0 Å². The number of anilines is 2. The van der Waals surface area contributed by atoms with Gasteiger partial charge in [-0.25, -0.2) is 9.59 Å². The summed E-state index contributed by atoms with van der Waals surface area (Å²) in [6.07, 6.45) is 2.11. The van der Waals surface area contributed by atoms with Crippen LogP contribution in [-0.2, 0) is 6.54 Å². The Morgan fingerprint density at radius 3 is 2.59 bits per heavy atom. The minimum atomic E-state index is -0.344. The number of amides is 5. The average Bonchev–Trinajstić information content (AvgIpc) is 3.44. The summed E-state index contributed by atoms with van der Waals surface area (Å²) in [5, 5.41) is 11.3. The predicted molar refractivity (Wildman–Crippen MR) is 110 cm³/mol. The van der Waals surface area contributed by atoms with Gasteiger partial charge in [0.25, 0.3) is 5.91 Å². The average molecular weight is 393 g/mol. The highest BCUT2D eigenvalue weighted by Gasteiger charge is 2.23. The molecule has 1 saturated carbocycles. The molecular formula is C21H23N5O3. The summed E-state index contributed by atoms with van der Waals surface area (Å²) in [5.41, 5.74) is 2.85. The second-order valence-electron chi connectivity index (χ2n) is 7.19. The lowest BCUT2D eigenvalue weighted by molar-refractivity contribution is 0.0951. The topological polar surface area (TPSA) is 103 Å². The van der Waals surface area contributed by atoms with E-state index in [1.807, 2.05) is 18.2 Å². The first-order valence-corrected chi connectivity index (χ1v) is 9.68. The lowest BCUT2D eigenvalue weighted by Crippen LogP contribution is -2.29. The number of hydrogen-bond donors (Lipinski definition) is 4. The molecule has 2 aromatic carbocycles. The van der Waals surface area contributed by atoms with Crippen molar-refractivity contribution in [3.63, 3.8) is 0 Å². The smallest absolute Gasteiger partial charge is 0.321 e. The van der Waals surface area contributed by atoms with Crippen LogP contribution in [0.25, 0.3) is 0 Å². The van der Waals surface area contributed by atoms with Crippen LogP contribution in [0.4, 0.5) is 21.0 Å². The van der Waals surface area contributed by atoms with Crippen LogP contribution < -0.4 is 26.2 Å². The van der Waals surface area contributed by atoms with E-state index >= 15 is 0 Å². The van der Waals surface area contributed by atoms with Crippen molar-refractivity contribution in [2.45, 2.75) is 25.4 Å². The Balaban J connectivity index is 1.28. The van der Waals surface area contributed by atoms with E-state index in [1.165, 1.54) is 0 Å². The number of nitrogens with zero attached hydrogens (tertiary/aromatic N) is 1. The number of hydrogen-bond acceptors (Lipinski definition) is 3. The molecule has 0 aromatic heterocycles. The minimum absolute atomic E-state index is 0.0590. The standard InChI is InChI=1S/C21H23N5O3/c27-19(24-16-8-9-16)15-6-4-14(5-7-15)13-23-20(28)25-17-2-1-3-18(12-17)26-11-10-22-21(26)29/h1-7,12,16H,8-11,13H2,(H,22,29)(H,24,27)(H2,23,25,28). The van der Waals surface area contributed by atoms with Gasteiger partial charge in [0.05, 0.1) is 0 Å². The largest absolute Gasteiger partial charge is 0.349 e. The molecule has 8 nitrogen and oxygen atoms in total. The third-order valence-electron chi connectivity index (χ3n) is 4.85. The van der Waals surface area contributed by atoms with Crippen LogP contribution >= 0.6 is 0 Å². The molecule has 1 saturated heterocycles. The molecule has 2 aromatic rings. The molecule has 0 bridgehead atoms. The first-order valence-electron chi connectivity index (χ1n) is 9.68. The van der Waals surface area contributed by atoms with Gasteiger partial charge in [-0.2, -0.15) is 0 Å². The zero-order valence-corrected chi connectivity index (χ0v) is 15.9. The molecule has 1 aliphatic carbocycles. The van der Waals surface area contributed by atoms with Crippen LogP contribution in [0.2, 0.25) is 0 Å². The van der Waals surface area contributed by atoms with Crippen LogP contribution in [0.15, 0.2) is 48.5 Å². The van der Waals surface area contributed by atoms with Gasteiger partial charge in [-0.1, -0.05) is 18.2 Å². The first-order chi connectivity index (χ1) is 14.1. The Morgan fingerprint density at radius 1 is 1.10 bits per heavy atom. The van der Waals surface area contributed by atoms with Crippen LogP contribution in [0.5, 0.6) is 0 Å². The van der Waals surface area contributed by atoms with Gasteiger partial charge in [-0.05, 0) is 48.7 Å². The predicted octanol–water partition coefficient (Wildman–Crippen LogP) is 2.43. The number of rotatable bonds is 6. The van der Waals surface area contributed by atoms with E-state index in [9.17, 15) is 14.4 Å². The van der Waals surface area contributed by atoms with Crippen molar-refractivity contribution >= 4 is 29.3 Å². The fourth-order valence-corrected chi connectivity index (χ4v) is 3.10. The quantitative estimate of drug-likeness (QED) is 0.606. The number of carbonyl (C=O) groups excluding carboxylic acids is 3. The van der Waals surface area contributed by atoms with E-state index < -0.39 is 0 Å². The summed E-state index contributed by atoms with van der Waals surface area (Å²) in [6, 6.07) is 14.2. The molecule has 8 heteroatoms. The Labute approximate surface area is 168 Å². The van der Waals surface area contributed by atoms with Gasteiger partial charge in [-0.15, -0.1) is 0 Å². The summed E-state index contributed by atoms with van der Waals surface area (Å²) >= 11 is 0. The van der Waals surface area contributed by atoms with Gasteiger partial charge in [0.1, 0.15) is 0 Å². The highest BCUT2D eigenvalue weighted by molar-refractivity contribution is 5.96.